The Kier molecular flexibility index (Phi) is 3.90. The molecule has 1 fully saturated rings. The maximum atomic E-state index is 10.4. The maximum absolute atomic E-state index is 10.4. The molecule has 1 aromatic carbocycles. The Bertz CT molecular complexity index is 421. The van der Waals surface area contributed by atoms with E-state index in [0.717, 1.165) is 17.2 Å². The Morgan fingerprint density at radius 2 is 2.35 bits per heavy atom. The molecule has 1 aromatic rings. The number of hydrogen-bond donors (Lipinski definition) is 1. The lowest BCUT2D eigenvalue weighted by atomic mass is 10.1. The van der Waals surface area contributed by atoms with Crippen LogP contribution < -0.4 is 0 Å². The summed E-state index contributed by atoms with van der Waals surface area (Å²) in [5, 5.41) is 8.53. The largest absolute Gasteiger partial charge is 0.478 e. The van der Waals surface area contributed by atoms with Crippen LogP contribution in [0.2, 0.25) is 0 Å². The minimum absolute atomic E-state index is 0.202. The number of carboxylic acid groups (broad SMARTS) is 1. The number of aliphatic carboxylic acids is 1. The van der Waals surface area contributed by atoms with Gasteiger partial charge < -0.3 is 14.6 Å². The average Bonchev–Trinajstić information content (AvgIpc) is 2.25. The summed E-state index contributed by atoms with van der Waals surface area (Å²) >= 11 is 0. The molecule has 0 atom stereocenters. The summed E-state index contributed by atoms with van der Waals surface area (Å²) < 4.78 is 10.6. The first kappa shape index (κ1) is 11.8. The van der Waals surface area contributed by atoms with E-state index in [9.17, 15) is 4.79 Å². The van der Waals surface area contributed by atoms with Crippen LogP contribution in [0.3, 0.4) is 0 Å². The molecule has 0 aliphatic carbocycles. The molecule has 0 aromatic heterocycles. The first-order chi connectivity index (χ1) is 8.24. The highest BCUT2D eigenvalue weighted by Gasteiger charge is 2.18. The predicted octanol–water partition coefficient (Wildman–Crippen LogP) is 1.70. The van der Waals surface area contributed by atoms with Gasteiger partial charge in [0, 0.05) is 6.08 Å². The number of ether oxygens (including phenoxy) is 2. The van der Waals surface area contributed by atoms with Crippen LogP contribution >= 0.6 is 0 Å². The molecule has 4 heteroatoms. The molecule has 0 spiro atoms. The Labute approximate surface area is 99.5 Å². The molecular formula is C13H14O4. The second kappa shape index (κ2) is 5.61. The summed E-state index contributed by atoms with van der Waals surface area (Å²) in [5.41, 5.74) is 1.89. The van der Waals surface area contributed by atoms with Crippen molar-refractivity contribution >= 4 is 12.0 Å². The highest BCUT2D eigenvalue weighted by Crippen LogP contribution is 2.12. The highest BCUT2D eigenvalue weighted by molar-refractivity contribution is 5.85. The normalized spacial score (nSPS) is 16.0. The van der Waals surface area contributed by atoms with E-state index in [1.165, 1.54) is 0 Å². The minimum Gasteiger partial charge on any atom is -0.478 e. The van der Waals surface area contributed by atoms with E-state index in [1.54, 1.807) is 6.08 Å². The summed E-state index contributed by atoms with van der Waals surface area (Å²) in [7, 11) is 0. The first-order valence-corrected chi connectivity index (χ1v) is 5.43. The lowest BCUT2D eigenvalue weighted by molar-refractivity contribution is -0.135. The number of rotatable bonds is 5. The van der Waals surface area contributed by atoms with Gasteiger partial charge in [-0.2, -0.15) is 0 Å². The standard InChI is InChI=1S/C13H14O4/c14-13(15)5-4-10-2-1-3-11(6-10)7-17-12-8-16-9-12/h1-6,12H,7-9H2,(H,14,15)/b5-4+. The molecule has 1 heterocycles. The van der Waals surface area contributed by atoms with Crippen LogP contribution in [-0.2, 0) is 20.9 Å². The van der Waals surface area contributed by atoms with Gasteiger partial charge in [0.25, 0.3) is 0 Å². The molecule has 0 unspecified atom stereocenters. The van der Waals surface area contributed by atoms with Crippen molar-refractivity contribution in [1.29, 1.82) is 0 Å². The van der Waals surface area contributed by atoms with E-state index in [0.29, 0.717) is 19.8 Å². The lowest BCUT2D eigenvalue weighted by Gasteiger charge is -2.25. The number of hydrogen-bond acceptors (Lipinski definition) is 3. The summed E-state index contributed by atoms with van der Waals surface area (Å²) in [5.74, 6) is -0.946. The summed E-state index contributed by atoms with van der Waals surface area (Å²) in [6.45, 7) is 1.86. The van der Waals surface area contributed by atoms with Gasteiger partial charge in [0.05, 0.1) is 19.8 Å². The number of carboxylic acids is 1. The third-order valence-electron chi connectivity index (χ3n) is 2.46. The summed E-state index contributed by atoms with van der Waals surface area (Å²) in [4.78, 5) is 10.4. The number of carbonyl (C=O) groups is 1. The van der Waals surface area contributed by atoms with Gasteiger partial charge >= 0.3 is 5.97 Å². The molecule has 1 aliphatic heterocycles. The molecule has 90 valence electrons. The summed E-state index contributed by atoms with van der Waals surface area (Å²) in [6.07, 6.45) is 2.89. The zero-order valence-electron chi connectivity index (χ0n) is 9.33. The van der Waals surface area contributed by atoms with Gasteiger partial charge in [-0.3, -0.25) is 0 Å². The molecule has 0 amide bonds. The summed E-state index contributed by atoms with van der Waals surface area (Å²) in [6, 6.07) is 7.61. The van der Waals surface area contributed by atoms with Crippen molar-refractivity contribution < 1.29 is 19.4 Å². The molecular weight excluding hydrogens is 220 g/mol. The van der Waals surface area contributed by atoms with Gasteiger partial charge in [-0.15, -0.1) is 0 Å². The van der Waals surface area contributed by atoms with Crippen LogP contribution in [0.25, 0.3) is 6.08 Å². The quantitative estimate of drug-likeness (QED) is 0.788. The second-order valence-corrected chi connectivity index (χ2v) is 3.89. The Balaban J connectivity index is 1.93. The highest BCUT2D eigenvalue weighted by atomic mass is 16.6. The van der Waals surface area contributed by atoms with Gasteiger partial charge in [-0.1, -0.05) is 18.2 Å². The van der Waals surface area contributed by atoms with Gasteiger partial charge in [0.15, 0.2) is 0 Å². The van der Waals surface area contributed by atoms with Gasteiger partial charge in [0.1, 0.15) is 6.10 Å². The van der Waals surface area contributed by atoms with Crippen LogP contribution in [-0.4, -0.2) is 30.4 Å². The minimum atomic E-state index is -0.946. The smallest absolute Gasteiger partial charge is 0.328 e. The van der Waals surface area contributed by atoms with E-state index in [-0.39, 0.29) is 6.10 Å². The predicted molar refractivity (Wildman–Crippen MR) is 62.5 cm³/mol. The fraction of sp³-hybridized carbons (Fsp3) is 0.308. The van der Waals surface area contributed by atoms with Crippen molar-refractivity contribution in [3.63, 3.8) is 0 Å². The van der Waals surface area contributed by atoms with Gasteiger partial charge in [-0.25, -0.2) is 4.79 Å². The zero-order chi connectivity index (χ0) is 12.1. The molecule has 0 radical (unpaired) electrons. The van der Waals surface area contributed by atoms with Crippen LogP contribution in [0.15, 0.2) is 30.3 Å². The molecule has 0 saturated carbocycles. The van der Waals surface area contributed by atoms with Crippen molar-refractivity contribution in [2.45, 2.75) is 12.7 Å². The first-order valence-electron chi connectivity index (χ1n) is 5.43. The maximum Gasteiger partial charge on any atom is 0.328 e. The number of benzene rings is 1. The van der Waals surface area contributed by atoms with Crippen molar-refractivity contribution in [3.05, 3.63) is 41.5 Å². The van der Waals surface area contributed by atoms with Crippen molar-refractivity contribution in [1.82, 2.24) is 0 Å². The van der Waals surface area contributed by atoms with E-state index in [4.69, 9.17) is 14.6 Å². The van der Waals surface area contributed by atoms with E-state index in [1.807, 2.05) is 24.3 Å². The van der Waals surface area contributed by atoms with Crippen molar-refractivity contribution in [2.75, 3.05) is 13.2 Å². The molecule has 17 heavy (non-hydrogen) atoms. The van der Waals surface area contributed by atoms with E-state index < -0.39 is 5.97 Å². The Morgan fingerprint density at radius 3 is 3.00 bits per heavy atom. The molecule has 1 saturated heterocycles. The third-order valence-corrected chi connectivity index (χ3v) is 2.46. The average molecular weight is 234 g/mol. The fourth-order valence-electron chi connectivity index (χ4n) is 1.48. The van der Waals surface area contributed by atoms with Crippen molar-refractivity contribution in [3.8, 4) is 0 Å². The third kappa shape index (κ3) is 3.69. The van der Waals surface area contributed by atoms with Crippen molar-refractivity contribution in [2.24, 2.45) is 0 Å². The molecule has 1 aliphatic rings. The fourth-order valence-corrected chi connectivity index (χ4v) is 1.48. The Morgan fingerprint density at radius 1 is 1.53 bits per heavy atom. The van der Waals surface area contributed by atoms with E-state index in [2.05, 4.69) is 0 Å². The molecule has 1 N–H and O–H groups in total. The lowest BCUT2D eigenvalue weighted by Crippen LogP contribution is -2.35. The van der Waals surface area contributed by atoms with Crippen LogP contribution in [0.5, 0.6) is 0 Å². The van der Waals surface area contributed by atoms with E-state index >= 15 is 0 Å². The van der Waals surface area contributed by atoms with Crippen LogP contribution in [0, 0.1) is 0 Å². The van der Waals surface area contributed by atoms with Crippen LogP contribution in [0.1, 0.15) is 11.1 Å². The topological polar surface area (TPSA) is 55.8 Å². The zero-order valence-corrected chi connectivity index (χ0v) is 9.33. The van der Waals surface area contributed by atoms with Gasteiger partial charge in [-0.05, 0) is 23.3 Å². The second-order valence-electron chi connectivity index (χ2n) is 3.89. The Hall–Kier alpha value is -1.65. The molecule has 4 nitrogen and oxygen atoms in total. The van der Waals surface area contributed by atoms with Gasteiger partial charge in [0.2, 0.25) is 0 Å². The SMILES string of the molecule is O=C(O)/C=C/c1cccc(COC2COC2)c1. The molecule has 0 bridgehead atoms. The monoisotopic (exact) mass is 234 g/mol. The molecule has 2 rings (SSSR count). The van der Waals surface area contributed by atoms with Crippen LogP contribution in [0.4, 0.5) is 0 Å².